The van der Waals surface area contributed by atoms with E-state index in [2.05, 4.69) is 0 Å². The van der Waals surface area contributed by atoms with Gasteiger partial charge in [0.15, 0.2) is 6.61 Å². The van der Waals surface area contributed by atoms with Crippen molar-refractivity contribution in [3.63, 3.8) is 0 Å². The molecule has 5 heteroatoms. The molecule has 0 fully saturated rings. The molecule has 0 saturated heterocycles. The summed E-state index contributed by atoms with van der Waals surface area (Å²) in [5.74, 6) is 0.158. The predicted molar refractivity (Wildman–Crippen MR) is 98.6 cm³/mol. The van der Waals surface area contributed by atoms with Crippen LogP contribution in [0, 0.1) is 19.8 Å². The summed E-state index contributed by atoms with van der Waals surface area (Å²) < 4.78 is 15.9. The first kappa shape index (κ1) is 19.5. The molecule has 0 aromatic heterocycles. The summed E-state index contributed by atoms with van der Waals surface area (Å²) in [4.78, 5) is 24.0. The number of carbonyl (C=O) groups is 2. The Hall–Kier alpha value is -2.82. The monoisotopic (exact) mass is 356 g/mol. The molecule has 0 aliphatic heterocycles. The largest absolute Gasteiger partial charge is 0.482 e. The fraction of sp³-hybridized carbons (Fsp3) is 0.333. The second-order valence-electron chi connectivity index (χ2n) is 6.61. The molecule has 0 aliphatic rings. The third kappa shape index (κ3) is 6.24. The minimum Gasteiger partial charge on any atom is -0.482 e. The van der Waals surface area contributed by atoms with E-state index in [1.165, 1.54) is 6.07 Å². The fourth-order valence-electron chi connectivity index (χ4n) is 2.33. The number of benzene rings is 2. The Bertz CT molecular complexity index is 759. The Morgan fingerprint density at radius 2 is 1.65 bits per heavy atom. The highest BCUT2D eigenvalue weighted by atomic mass is 16.6. The Morgan fingerprint density at radius 3 is 2.31 bits per heavy atom. The van der Waals surface area contributed by atoms with Crippen molar-refractivity contribution in [2.75, 3.05) is 13.2 Å². The molecule has 2 aromatic rings. The minimum atomic E-state index is -0.545. The van der Waals surface area contributed by atoms with Crippen LogP contribution in [-0.4, -0.2) is 25.2 Å². The standard InChI is InChI=1S/C21H24O5/c1-14(2)12-25-21(23)17-6-5-7-18(11-17)26-20(22)13-24-19-9-15(3)8-16(4)10-19/h5-11,14H,12-13H2,1-4H3. The van der Waals surface area contributed by atoms with Gasteiger partial charge in [-0.3, -0.25) is 0 Å². The van der Waals surface area contributed by atoms with E-state index in [0.717, 1.165) is 11.1 Å². The van der Waals surface area contributed by atoms with Gasteiger partial charge < -0.3 is 14.2 Å². The molecular weight excluding hydrogens is 332 g/mol. The maximum atomic E-state index is 12.0. The van der Waals surface area contributed by atoms with Gasteiger partial charge in [-0.2, -0.15) is 0 Å². The second kappa shape index (κ2) is 9.04. The molecule has 0 aliphatic carbocycles. The van der Waals surface area contributed by atoms with E-state index in [1.54, 1.807) is 18.2 Å². The van der Waals surface area contributed by atoms with Gasteiger partial charge in [0.25, 0.3) is 0 Å². The van der Waals surface area contributed by atoms with Crippen molar-refractivity contribution in [3.8, 4) is 11.5 Å². The number of hydrogen-bond donors (Lipinski definition) is 0. The van der Waals surface area contributed by atoms with Crippen LogP contribution in [0.25, 0.3) is 0 Å². The van der Waals surface area contributed by atoms with Crippen molar-refractivity contribution in [2.24, 2.45) is 5.92 Å². The summed E-state index contributed by atoms with van der Waals surface area (Å²) in [7, 11) is 0. The zero-order valence-electron chi connectivity index (χ0n) is 15.6. The van der Waals surface area contributed by atoms with Gasteiger partial charge in [0.05, 0.1) is 12.2 Å². The van der Waals surface area contributed by atoms with Crippen LogP contribution in [0.4, 0.5) is 0 Å². The third-order valence-electron chi connectivity index (χ3n) is 3.40. The smallest absolute Gasteiger partial charge is 0.349 e. The molecule has 26 heavy (non-hydrogen) atoms. The van der Waals surface area contributed by atoms with Crippen molar-refractivity contribution in [1.29, 1.82) is 0 Å². The van der Waals surface area contributed by atoms with Crippen LogP contribution in [0.2, 0.25) is 0 Å². The maximum absolute atomic E-state index is 12.0. The van der Waals surface area contributed by atoms with Crippen LogP contribution < -0.4 is 9.47 Å². The molecule has 2 aromatic carbocycles. The van der Waals surface area contributed by atoms with Crippen LogP contribution in [-0.2, 0) is 9.53 Å². The van der Waals surface area contributed by atoms with E-state index >= 15 is 0 Å². The normalized spacial score (nSPS) is 10.5. The first-order valence-electron chi connectivity index (χ1n) is 8.52. The molecule has 0 amide bonds. The number of aryl methyl sites for hydroxylation is 2. The lowest BCUT2D eigenvalue weighted by Crippen LogP contribution is -2.18. The zero-order chi connectivity index (χ0) is 19.1. The molecule has 138 valence electrons. The lowest BCUT2D eigenvalue weighted by molar-refractivity contribution is -0.136. The zero-order valence-corrected chi connectivity index (χ0v) is 15.6. The molecule has 0 atom stereocenters. The Balaban J connectivity index is 1.92. The van der Waals surface area contributed by atoms with Crippen LogP contribution in [0.3, 0.4) is 0 Å². The molecule has 0 N–H and O–H groups in total. The maximum Gasteiger partial charge on any atom is 0.349 e. The second-order valence-corrected chi connectivity index (χ2v) is 6.61. The first-order chi connectivity index (χ1) is 12.3. The van der Waals surface area contributed by atoms with E-state index < -0.39 is 11.9 Å². The molecule has 0 radical (unpaired) electrons. The van der Waals surface area contributed by atoms with Crippen molar-refractivity contribution in [1.82, 2.24) is 0 Å². The highest BCUT2D eigenvalue weighted by Crippen LogP contribution is 2.17. The number of carbonyl (C=O) groups excluding carboxylic acids is 2. The van der Waals surface area contributed by atoms with Gasteiger partial charge in [-0.25, -0.2) is 9.59 Å². The molecule has 0 heterocycles. The number of rotatable bonds is 7. The lowest BCUT2D eigenvalue weighted by Gasteiger charge is -2.10. The van der Waals surface area contributed by atoms with E-state index in [-0.39, 0.29) is 18.3 Å². The summed E-state index contributed by atoms with van der Waals surface area (Å²) in [6, 6.07) is 12.1. The lowest BCUT2D eigenvalue weighted by atomic mass is 10.1. The molecule has 0 saturated carbocycles. The van der Waals surface area contributed by atoms with Gasteiger partial charge in [0, 0.05) is 0 Å². The summed E-state index contributed by atoms with van der Waals surface area (Å²) in [5, 5.41) is 0. The Kier molecular flexibility index (Phi) is 6.78. The van der Waals surface area contributed by atoms with Gasteiger partial charge >= 0.3 is 11.9 Å². The molecule has 0 unspecified atom stereocenters. The van der Waals surface area contributed by atoms with Crippen molar-refractivity contribution in [3.05, 3.63) is 59.2 Å². The van der Waals surface area contributed by atoms with Crippen LogP contribution in [0.15, 0.2) is 42.5 Å². The molecule has 5 nitrogen and oxygen atoms in total. The summed E-state index contributed by atoms with van der Waals surface area (Å²) in [5.41, 5.74) is 2.45. The Labute approximate surface area is 153 Å². The van der Waals surface area contributed by atoms with Gasteiger partial charge in [-0.05, 0) is 61.2 Å². The average molecular weight is 356 g/mol. The van der Waals surface area contributed by atoms with Gasteiger partial charge in [0.1, 0.15) is 11.5 Å². The van der Waals surface area contributed by atoms with E-state index in [0.29, 0.717) is 17.9 Å². The van der Waals surface area contributed by atoms with Gasteiger partial charge in [-0.1, -0.05) is 26.0 Å². The molecular formula is C21H24O5. The van der Waals surface area contributed by atoms with E-state index in [9.17, 15) is 9.59 Å². The van der Waals surface area contributed by atoms with E-state index in [4.69, 9.17) is 14.2 Å². The molecule has 0 spiro atoms. The highest BCUT2D eigenvalue weighted by Gasteiger charge is 2.12. The van der Waals surface area contributed by atoms with Gasteiger partial charge in [-0.15, -0.1) is 0 Å². The first-order valence-corrected chi connectivity index (χ1v) is 8.52. The predicted octanol–water partition coefficient (Wildman–Crippen LogP) is 4.10. The third-order valence-corrected chi connectivity index (χ3v) is 3.40. The minimum absolute atomic E-state index is 0.217. The fourth-order valence-corrected chi connectivity index (χ4v) is 2.33. The average Bonchev–Trinajstić information content (AvgIpc) is 2.57. The SMILES string of the molecule is Cc1cc(C)cc(OCC(=O)Oc2cccc(C(=O)OCC(C)C)c2)c1. The topological polar surface area (TPSA) is 61.8 Å². The van der Waals surface area contributed by atoms with E-state index in [1.807, 2.05) is 45.9 Å². The molecule has 0 bridgehead atoms. The highest BCUT2D eigenvalue weighted by molar-refractivity contribution is 5.90. The number of esters is 2. The Morgan fingerprint density at radius 1 is 0.962 bits per heavy atom. The quantitative estimate of drug-likeness (QED) is 0.552. The van der Waals surface area contributed by atoms with Crippen molar-refractivity contribution < 1.29 is 23.8 Å². The van der Waals surface area contributed by atoms with Crippen molar-refractivity contribution in [2.45, 2.75) is 27.7 Å². The number of hydrogen-bond acceptors (Lipinski definition) is 5. The van der Waals surface area contributed by atoms with Gasteiger partial charge in [0.2, 0.25) is 0 Å². The van der Waals surface area contributed by atoms with Crippen molar-refractivity contribution >= 4 is 11.9 Å². The summed E-state index contributed by atoms with van der Waals surface area (Å²) in [6.45, 7) is 7.96. The molecule has 2 rings (SSSR count). The van der Waals surface area contributed by atoms with Crippen LogP contribution in [0.5, 0.6) is 11.5 Å². The summed E-state index contributed by atoms with van der Waals surface area (Å²) >= 11 is 0. The number of ether oxygens (including phenoxy) is 3. The van der Waals surface area contributed by atoms with Crippen LogP contribution >= 0.6 is 0 Å². The van der Waals surface area contributed by atoms with Crippen LogP contribution in [0.1, 0.15) is 35.3 Å². The summed E-state index contributed by atoms with van der Waals surface area (Å²) in [6.07, 6.45) is 0.